The van der Waals surface area contributed by atoms with Crippen molar-refractivity contribution in [2.24, 2.45) is 0 Å². The lowest BCUT2D eigenvalue weighted by Crippen LogP contribution is -2.30. The molecule has 3 heteroatoms. The Kier molecular flexibility index (Phi) is 3.62. The van der Waals surface area contributed by atoms with Gasteiger partial charge in [0.05, 0.1) is 19.6 Å². The van der Waals surface area contributed by atoms with Gasteiger partial charge in [0.1, 0.15) is 17.6 Å². The van der Waals surface area contributed by atoms with Crippen molar-refractivity contribution in [1.29, 1.82) is 0 Å². The number of hydrogen-bond donors (Lipinski definition) is 0. The van der Waals surface area contributed by atoms with E-state index in [9.17, 15) is 0 Å². The molecular formula is C20H21N2O+. The molecule has 23 heavy (non-hydrogen) atoms. The predicted octanol–water partition coefficient (Wildman–Crippen LogP) is 3.78. The van der Waals surface area contributed by atoms with E-state index in [1.807, 2.05) is 6.92 Å². The summed E-state index contributed by atoms with van der Waals surface area (Å²) in [5.41, 5.74) is 3.70. The highest BCUT2D eigenvalue weighted by molar-refractivity contribution is 5.61. The Morgan fingerprint density at radius 1 is 1.04 bits per heavy atom. The molecule has 0 aliphatic carbocycles. The first-order valence-corrected chi connectivity index (χ1v) is 8.29. The number of aryl methyl sites for hydroxylation is 1. The standard InChI is InChI=1S/C20H21N2O/c1-2-23-18-12-10-17(11-13-18)22-19(16-7-4-3-5-8-16)15-21-14-6-9-20(21)22/h3-5,7-8,10-13,15H,2,6,9,14H2,1H3/q+1. The number of hydrogen-bond acceptors (Lipinski definition) is 1. The molecule has 2 aromatic carbocycles. The minimum atomic E-state index is 0.698. The van der Waals surface area contributed by atoms with E-state index in [0.717, 1.165) is 18.7 Å². The quantitative estimate of drug-likeness (QED) is 0.671. The van der Waals surface area contributed by atoms with Gasteiger partial charge in [-0.2, -0.15) is 4.57 Å². The lowest BCUT2D eigenvalue weighted by atomic mass is 10.1. The third kappa shape index (κ3) is 2.52. The number of benzene rings is 2. The van der Waals surface area contributed by atoms with Gasteiger partial charge in [-0.05, 0) is 37.6 Å². The summed E-state index contributed by atoms with van der Waals surface area (Å²) in [7, 11) is 0. The van der Waals surface area contributed by atoms with Gasteiger partial charge >= 0.3 is 0 Å². The molecule has 2 heterocycles. The summed E-state index contributed by atoms with van der Waals surface area (Å²) in [5, 5.41) is 0. The van der Waals surface area contributed by atoms with E-state index in [1.54, 1.807) is 0 Å². The van der Waals surface area contributed by atoms with Crippen LogP contribution in [0.4, 0.5) is 0 Å². The van der Waals surface area contributed by atoms with Crippen molar-refractivity contribution in [3.8, 4) is 22.7 Å². The van der Waals surface area contributed by atoms with Crippen LogP contribution >= 0.6 is 0 Å². The second-order valence-electron chi connectivity index (χ2n) is 5.86. The van der Waals surface area contributed by atoms with Gasteiger partial charge in [-0.15, -0.1) is 0 Å². The van der Waals surface area contributed by atoms with Gasteiger partial charge < -0.3 is 4.74 Å². The van der Waals surface area contributed by atoms with Gasteiger partial charge in [-0.1, -0.05) is 30.3 Å². The molecule has 0 amide bonds. The Morgan fingerprint density at radius 3 is 2.57 bits per heavy atom. The van der Waals surface area contributed by atoms with E-state index in [-0.39, 0.29) is 0 Å². The predicted molar refractivity (Wildman–Crippen MR) is 90.9 cm³/mol. The maximum absolute atomic E-state index is 5.57. The van der Waals surface area contributed by atoms with Gasteiger partial charge in [-0.3, -0.25) is 0 Å². The van der Waals surface area contributed by atoms with Gasteiger partial charge in [0.15, 0.2) is 5.69 Å². The maximum atomic E-state index is 5.57. The summed E-state index contributed by atoms with van der Waals surface area (Å²) in [6.45, 7) is 3.82. The Labute approximate surface area is 136 Å². The smallest absolute Gasteiger partial charge is 0.262 e. The molecule has 0 spiro atoms. The highest BCUT2D eigenvalue weighted by Crippen LogP contribution is 2.27. The van der Waals surface area contributed by atoms with Crippen LogP contribution in [0.15, 0.2) is 60.8 Å². The van der Waals surface area contributed by atoms with E-state index >= 15 is 0 Å². The fourth-order valence-electron chi connectivity index (χ4n) is 3.36. The minimum absolute atomic E-state index is 0.698. The number of fused-ring (bicyclic) bond motifs is 1. The van der Waals surface area contributed by atoms with E-state index in [0.29, 0.717) is 6.61 Å². The average molecular weight is 305 g/mol. The van der Waals surface area contributed by atoms with Gasteiger partial charge in [-0.25, -0.2) is 4.57 Å². The molecule has 3 aromatic rings. The zero-order chi connectivity index (χ0) is 15.6. The number of nitrogens with zero attached hydrogens (tertiary/aromatic N) is 2. The number of imidazole rings is 1. The van der Waals surface area contributed by atoms with Crippen molar-refractivity contribution in [1.82, 2.24) is 4.57 Å². The Morgan fingerprint density at radius 2 is 1.83 bits per heavy atom. The van der Waals surface area contributed by atoms with Gasteiger partial charge in [0.25, 0.3) is 5.82 Å². The largest absolute Gasteiger partial charge is 0.494 e. The number of ether oxygens (including phenoxy) is 1. The third-order valence-corrected chi connectivity index (χ3v) is 4.38. The zero-order valence-corrected chi connectivity index (χ0v) is 13.4. The number of rotatable bonds is 4. The first kappa shape index (κ1) is 14.1. The molecule has 1 aliphatic heterocycles. The molecule has 0 N–H and O–H groups in total. The van der Waals surface area contributed by atoms with Crippen LogP contribution in [0.25, 0.3) is 16.9 Å². The molecule has 0 radical (unpaired) electrons. The summed E-state index contributed by atoms with van der Waals surface area (Å²) in [6, 6.07) is 19.0. The zero-order valence-electron chi connectivity index (χ0n) is 13.4. The topological polar surface area (TPSA) is 18.0 Å². The fourth-order valence-corrected chi connectivity index (χ4v) is 3.36. The summed E-state index contributed by atoms with van der Waals surface area (Å²) < 4.78 is 10.3. The fraction of sp³-hybridized carbons (Fsp3) is 0.250. The van der Waals surface area contributed by atoms with Crippen LogP contribution in [0.3, 0.4) is 0 Å². The van der Waals surface area contributed by atoms with Gasteiger partial charge in [0.2, 0.25) is 0 Å². The molecule has 0 atom stereocenters. The molecular weight excluding hydrogens is 284 g/mol. The molecule has 4 rings (SSSR count). The number of aromatic nitrogens is 2. The Balaban J connectivity index is 1.83. The lowest BCUT2D eigenvalue weighted by molar-refractivity contribution is -0.689. The highest BCUT2D eigenvalue weighted by atomic mass is 16.5. The van der Waals surface area contributed by atoms with Crippen LogP contribution < -0.4 is 9.30 Å². The van der Waals surface area contributed by atoms with Crippen LogP contribution in [-0.2, 0) is 13.0 Å². The molecule has 0 fully saturated rings. The van der Waals surface area contributed by atoms with Crippen molar-refractivity contribution in [3.05, 3.63) is 66.6 Å². The Bertz CT molecular complexity index is 804. The minimum Gasteiger partial charge on any atom is -0.494 e. The van der Waals surface area contributed by atoms with E-state index in [2.05, 4.69) is 69.9 Å². The molecule has 1 aromatic heterocycles. The molecule has 3 nitrogen and oxygen atoms in total. The molecule has 1 aliphatic rings. The monoisotopic (exact) mass is 305 g/mol. The summed E-state index contributed by atoms with van der Waals surface area (Å²) in [4.78, 5) is 0. The summed E-state index contributed by atoms with van der Waals surface area (Å²) >= 11 is 0. The van der Waals surface area contributed by atoms with Crippen molar-refractivity contribution in [3.63, 3.8) is 0 Å². The highest BCUT2D eigenvalue weighted by Gasteiger charge is 2.29. The molecule has 0 unspecified atom stereocenters. The van der Waals surface area contributed by atoms with Crippen LogP contribution in [0, 0.1) is 0 Å². The first-order valence-electron chi connectivity index (χ1n) is 8.29. The van der Waals surface area contributed by atoms with Crippen LogP contribution in [0.1, 0.15) is 19.2 Å². The SMILES string of the molecule is CCOc1ccc(-n2c(-c3ccccc3)c[n+]3c2CCC3)cc1. The van der Waals surface area contributed by atoms with Crippen LogP contribution in [-0.4, -0.2) is 11.2 Å². The van der Waals surface area contributed by atoms with Crippen molar-refractivity contribution in [2.75, 3.05) is 6.61 Å². The molecule has 0 saturated carbocycles. The first-order chi connectivity index (χ1) is 11.4. The molecule has 0 bridgehead atoms. The van der Waals surface area contributed by atoms with Crippen LogP contribution in [0.5, 0.6) is 5.75 Å². The van der Waals surface area contributed by atoms with E-state index in [4.69, 9.17) is 4.74 Å². The van der Waals surface area contributed by atoms with E-state index in [1.165, 1.54) is 29.2 Å². The average Bonchev–Trinajstić information content (AvgIpc) is 3.18. The van der Waals surface area contributed by atoms with Crippen molar-refractivity contribution < 1.29 is 9.30 Å². The summed E-state index contributed by atoms with van der Waals surface area (Å²) in [5.74, 6) is 2.31. The van der Waals surface area contributed by atoms with Crippen LogP contribution in [0.2, 0.25) is 0 Å². The third-order valence-electron chi connectivity index (χ3n) is 4.38. The second-order valence-corrected chi connectivity index (χ2v) is 5.86. The van der Waals surface area contributed by atoms with Crippen molar-refractivity contribution in [2.45, 2.75) is 26.3 Å². The van der Waals surface area contributed by atoms with Crippen molar-refractivity contribution >= 4 is 0 Å². The maximum Gasteiger partial charge on any atom is 0.262 e. The normalized spacial score (nSPS) is 13.1. The second kappa shape index (κ2) is 5.92. The Hall–Kier alpha value is -2.55. The van der Waals surface area contributed by atoms with Gasteiger partial charge in [0, 0.05) is 5.56 Å². The summed E-state index contributed by atoms with van der Waals surface area (Å²) in [6.07, 6.45) is 4.63. The molecule has 0 saturated heterocycles. The molecule has 116 valence electrons. The lowest BCUT2D eigenvalue weighted by Gasteiger charge is -2.06. The van der Waals surface area contributed by atoms with E-state index < -0.39 is 0 Å².